The molecule has 15 heteroatoms. The van der Waals surface area contributed by atoms with Crippen LogP contribution in [0.15, 0.2) is 125 Å². The van der Waals surface area contributed by atoms with E-state index in [0.29, 0.717) is 4.90 Å². The second kappa shape index (κ2) is 18.7. The second-order valence-corrected chi connectivity index (χ2v) is 13.6. The molecule has 6 atom stereocenters. The Balaban J connectivity index is 1.67. The molecule has 0 aromatic heterocycles. The van der Waals surface area contributed by atoms with Crippen LogP contribution in [-0.2, 0) is 38.0 Å². The molecule has 284 valence electrons. The van der Waals surface area contributed by atoms with Gasteiger partial charge in [-0.2, -0.15) is 0 Å². The third-order valence-corrected chi connectivity index (χ3v) is 9.68. The molecule has 0 N–H and O–H groups in total. The number of esters is 5. The van der Waals surface area contributed by atoms with Gasteiger partial charge in [-0.25, -0.2) is 19.2 Å². The zero-order chi connectivity index (χ0) is 39.4. The van der Waals surface area contributed by atoms with Gasteiger partial charge in [0.2, 0.25) is 4.93 Å². The van der Waals surface area contributed by atoms with Gasteiger partial charge in [-0.3, -0.25) is 4.79 Å². The Labute approximate surface area is 320 Å². The molecule has 1 aliphatic rings. The van der Waals surface area contributed by atoms with Gasteiger partial charge in [-0.15, -0.1) is 0 Å². The number of hydrogen-bond acceptors (Lipinski definition) is 13. The number of hydrogen-bond donors (Lipinski definition) is 0. The van der Waals surface area contributed by atoms with Crippen LogP contribution in [0.1, 0.15) is 50.0 Å². The minimum atomic E-state index is -2.03. The number of azide groups is 1. The monoisotopic (exact) mass is 767 g/mol. The maximum atomic E-state index is 13.9. The number of rotatable bonds is 14. The Bertz CT molecular complexity index is 2010. The van der Waals surface area contributed by atoms with Crippen LogP contribution in [0, 0.1) is 6.92 Å². The van der Waals surface area contributed by atoms with Gasteiger partial charge in [0.1, 0.15) is 24.9 Å². The molecule has 0 bridgehead atoms. The molecule has 0 radical (unpaired) electrons. The third-order valence-electron chi connectivity index (χ3n) is 8.42. The summed E-state index contributed by atoms with van der Waals surface area (Å²) >= 11 is 0.922. The van der Waals surface area contributed by atoms with Crippen LogP contribution in [0.5, 0.6) is 0 Å². The maximum Gasteiger partial charge on any atom is 0.349 e. The molecule has 55 heavy (non-hydrogen) atoms. The van der Waals surface area contributed by atoms with Crippen molar-refractivity contribution in [2.45, 2.75) is 60.6 Å². The summed E-state index contributed by atoms with van der Waals surface area (Å²) in [4.78, 5) is 68.8. The zero-order valence-corrected chi connectivity index (χ0v) is 30.8. The fraction of sp³-hybridized carbons (Fsp3) is 0.275. The van der Waals surface area contributed by atoms with Gasteiger partial charge in [0.25, 0.3) is 0 Å². The quantitative estimate of drug-likeness (QED) is 0.0437. The molecule has 1 aliphatic heterocycles. The molecule has 0 amide bonds. The van der Waals surface area contributed by atoms with Gasteiger partial charge < -0.3 is 28.4 Å². The predicted octanol–water partition coefficient (Wildman–Crippen LogP) is 6.66. The van der Waals surface area contributed by atoms with E-state index in [4.69, 9.17) is 28.4 Å². The fourth-order valence-corrected chi connectivity index (χ4v) is 7.05. The van der Waals surface area contributed by atoms with Crippen LogP contribution >= 0.6 is 11.8 Å². The Morgan fingerprint density at radius 1 is 0.818 bits per heavy atom. The molecule has 1 fully saturated rings. The number of carbonyl (C=O) groups is 5. The van der Waals surface area contributed by atoms with Crippen molar-refractivity contribution >= 4 is 41.6 Å². The van der Waals surface area contributed by atoms with E-state index in [1.54, 1.807) is 66.7 Å². The van der Waals surface area contributed by atoms with Crippen LogP contribution in [0.4, 0.5) is 0 Å². The standard InChI is InChI=1S/C40H37N3O11S/c1-25-19-21-30(22-20-25)55-40(39(48)49-3)23-31(51-26(2)44)33(42-43-41)35(54-40)34(53-38(47)29-17-11-6-12-18-29)32(52-37(46)28-15-9-5-10-16-28)24-50-36(45)27-13-7-4-8-14-27/h4-22,31-35H,23-24H2,1-3H3/t31-,32+,33+,34+,35+,40-/m0/s1. The van der Waals surface area contributed by atoms with Crippen LogP contribution in [0.25, 0.3) is 10.4 Å². The summed E-state index contributed by atoms with van der Waals surface area (Å²) in [6.45, 7) is 2.30. The average Bonchev–Trinajstić information content (AvgIpc) is 3.20. The minimum absolute atomic E-state index is 0.0721. The number of carbonyl (C=O) groups excluding carboxylic acids is 5. The van der Waals surface area contributed by atoms with Crippen LogP contribution in [-0.4, -0.2) is 79.0 Å². The summed E-state index contributed by atoms with van der Waals surface area (Å²) in [6, 6.07) is 29.3. The minimum Gasteiger partial charge on any atom is -0.466 e. The predicted molar refractivity (Wildman–Crippen MR) is 198 cm³/mol. The second-order valence-electron chi connectivity index (χ2n) is 12.3. The average molecular weight is 768 g/mol. The van der Waals surface area contributed by atoms with Crippen molar-refractivity contribution in [2.75, 3.05) is 13.7 Å². The largest absolute Gasteiger partial charge is 0.466 e. The normalized spacial score (nSPS) is 20.0. The van der Waals surface area contributed by atoms with E-state index >= 15 is 0 Å². The van der Waals surface area contributed by atoms with E-state index in [0.717, 1.165) is 31.4 Å². The van der Waals surface area contributed by atoms with E-state index < -0.39 is 71.8 Å². The molecule has 0 aliphatic carbocycles. The highest BCUT2D eigenvalue weighted by molar-refractivity contribution is 8.01. The molecule has 4 aromatic rings. The van der Waals surface area contributed by atoms with Crippen molar-refractivity contribution in [1.29, 1.82) is 0 Å². The lowest BCUT2D eigenvalue weighted by atomic mass is 9.89. The molecule has 4 aromatic carbocycles. The summed E-state index contributed by atoms with van der Waals surface area (Å²) in [5.74, 6) is -4.34. The highest BCUT2D eigenvalue weighted by Crippen LogP contribution is 2.46. The molecule has 0 saturated carbocycles. The van der Waals surface area contributed by atoms with Gasteiger partial charge >= 0.3 is 29.8 Å². The Morgan fingerprint density at radius 3 is 1.85 bits per heavy atom. The Kier molecular flexibility index (Phi) is 13.6. The smallest absolute Gasteiger partial charge is 0.349 e. The van der Waals surface area contributed by atoms with Gasteiger partial charge in [-0.1, -0.05) is 89.2 Å². The van der Waals surface area contributed by atoms with Crippen molar-refractivity contribution in [3.05, 3.63) is 148 Å². The fourth-order valence-electron chi connectivity index (χ4n) is 5.82. The van der Waals surface area contributed by atoms with E-state index in [1.807, 2.05) is 19.1 Å². The topological polar surface area (TPSA) is 189 Å². The number of nitrogens with zero attached hydrogens (tertiary/aromatic N) is 3. The molecule has 5 rings (SSSR count). The molecular formula is C40H37N3O11S. The summed E-state index contributed by atoms with van der Waals surface area (Å²) in [6.07, 6.45) is -6.93. The maximum absolute atomic E-state index is 13.9. The van der Waals surface area contributed by atoms with E-state index in [2.05, 4.69) is 10.0 Å². The Hall–Kier alpha value is -6.15. The zero-order valence-electron chi connectivity index (χ0n) is 30.0. The van der Waals surface area contributed by atoms with Crippen molar-refractivity contribution in [1.82, 2.24) is 0 Å². The molecule has 0 unspecified atom stereocenters. The van der Waals surface area contributed by atoms with Crippen molar-refractivity contribution in [2.24, 2.45) is 5.11 Å². The van der Waals surface area contributed by atoms with E-state index in [-0.39, 0.29) is 23.1 Å². The molecular weight excluding hydrogens is 731 g/mol. The number of methoxy groups -OCH3 is 1. The lowest BCUT2D eigenvalue weighted by Crippen LogP contribution is -2.63. The van der Waals surface area contributed by atoms with Crippen molar-refractivity contribution < 1.29 is 52.4 Å². The molecule has 1 heterocycles. The molecule has 14 nitrogen and oxygen atoms in total. The van der Waals surface area contributed by atoms with Crippen molar-refractivity contribution in [3.63, 3.8) is 0 Å². The Morgan fingerprint density at radius 2 is 1.35 bits per heavy atom. The first-order chi connectivity index (χ1) is 26.5. The van der Waals surface area contributed by atoms with E-state index in [1.165, 1.54) is 36.4 Å². The van der Waals surface area contributed by atoms with E-state index in [9.17, 15) is 29.5 Å². The van der Waals surface area contributed by atoms with Gasteiger partial charge in [0.05, 0.1) is 23.8 Å². The summed E-state index contributed by atoms with van der Waals surface area (Å²) < 4.78 is 35.3. The number of aryl methyl sites for hydroxylation is 1. The molecule has 0 spiro atoms. The van der Waals surface area contributed by atoms with Crippen molar-refractivity contribution in [3.8, 4) is 0 Å². The highest BCUT2D eigenvalue weighted by atomic mass is 32.2. The first kappa shape index (κ1) is 40.0. The first-order valence-corrected chi connectivity index (χ1v) is 17.8. The third kappa shape index (κ3) is 10.3. The lowest BCUT2D eigenvalue weighted by molar-refractivity contribution is -0.209. The number of benzene rings is 4. The highest BCUT2D eigenvalue weighted by Gasteiger charge is 2.58. The first-order valence-electron chi connectivity index (χ1n) is 17.0. The summed E-state index contributed by atoms with van der Waals surface area (Å²) in [5, 5.41) is 3.91. The SMILES string of the molecule is COC(=O)[C@@]1(Sc2ccc(C)cc2)C[C@H](OC(C)=O)[C@@H](N=[N+]=[N-])[C@H]([C@H](OC(=O)c2ccccc2)[C@@H](COC(=O)c2ccccc2)OC(=O)c2ccccc2)O1. The summed E-state index contributed by atoms with van der Waals surface area (Å²) in [7, 11) is 1.14. The summed E-state index contributed by atoms with van der Waals surface area (Å²) in [5.41, 5.74) is 11.1. The number of ether oxygens (including phenoxy) is 6. The van der Waals surface area contributed by atoms with Crippen LogP contribution < -0.4 is 0 Å². The van der Waals surface area contributed by atoms with Gasteiger partial charge in [0.15, 0.2) is 12.2 Å². The van der Waals surface area contributed by atoms with Crippen LogP contribution in [0.2, 0.25) is 0 Å². The molecule has 1 saturated heterocycles. The van der Waals surface area contributed by atoms with Crippen LogP contribution in [0.3, 0.4) is 0 Å². The van der Waals surface area contributed by atoms with Gasteiger partial charge in [-0.05, 0) is 61.0 Å². The lowest BCUT2D eigenvalue weighted by Gasteiger charge is -2.47. The number of thioether (sulfide) groups is 1. The van der Waals surface area contributed by atoms with Gasteiger partial charge in [0, 0.05) is 23.2 Å².